The van der Waals surface area contributed by atoms with E-state index in [2.05, 4.69) is 44.7 Å². The molecule has 0 bridgehead atoms. The fraction of sp³-hybridized carbons (Fsp3) is 0.800. The lowest BCUT2D eigenvalue weighted by Crippen LogP contribution is -2.14. The van der Waals surface area contributed by atoms with Crippen LogP contribution in [0, 0.1) is 0 Å². The maximum atomic E-state index is 4.52. The van der Waals surface area contributed by atoms with Crippen LogP contribution in [-0.2, 0) is 18.4 Å². The molecule has 0 amide bonds. The second-order valence-electron chi connectivity index (χ2n) is 4.27. The van der Waals surface area contributed by atoms with Gasteiger partial charge in [-0.15, -0.1) is 0 Å². The highest BCUT2D eigenvalue weighted by Gasteiger charge is 2.20. The van der Waals surface area contributed by atoms with Crippen LogP contribution < -0.4 is 0 Å². The number of hydrogen-bond donors (Lipinski definition) is 0. The van der Waals surface area contributed by atoms with Crippen molar-refractivity contribution in [2.24, 2.45) is 0 Å². The molecule has 1 aromatic heterocycles. The molecular formula is C10H19N3. The van der Waals surface area contributed by atoms with E-state index < -0.39 is 0 Å². The van der Waals surface area contributed by atoms with Gasteiger partial charge < -0.3 is 0 Å². The van der Waals surface area contributed by atoms with E-state index in [0.29, 0.717) is 0 Å². The summed E-state index contributed by atoms with van der Waals surface area (Å²) in [5, 5.41) is 4.48. The molecule has 0 saturated carbocycles. The van der Waals surface area contributed by atoms with Gasteiger partial charge in [0.25, 0.3) is 0 Å². The van der Waals surface area contributed by atoms with E-state index in [9.17, 15) is 0 Å². The van der Waals surface area contributed by atoms with Crippen LogP contribution in [0.15, 0.2) is 0 Å². The van der Waals surface area contributed by atoms with E-state index in [1.165, 1.54) is 0 Å². The van der Waals surface area contributed by atoms with Crippen molar-refractivity contribution in [2.45, 2.75) is 53.0 Å². The topological polar surface area (TPSA) is 30.7 Å². The molecule has 0 saturated heterocycles. The summed E-state index contributed by atoms with van der Waals surface area (Å²) < 4.78 is 1.99. The highest BCUT2D eigenvalue weighted by molar-refractivity contribution is 5.03. The molecule has 1 rings (SSSR count). The van der Waals surface area contributed by atoms with Crippen molar-refractivity contribution in [1.29, 1.82) is 0 Å². The Morgan fingerprint density at radius 3 is 2.15 bits per heavy atom. The standard InChI is InChI=1S/C10H19N3/c1-6-8-11-9(10(3,4)5)12-13(8)7-2/h6-7H2,1-5H3. The van der Waals surface area contributed by atoms with Gasteiger partial charge in [-0.2, -0.15) is 5.10 Å². The van der Waals surface area contributed by atoms with Crippen LogP contribution in [0.5, 0.6) is 0 Å². The van der Waals surface area contributed by atoms with E-state index >= 15 is 0 Å². The van der Waals surface area contributed by atoms with Gasteiger partial charge >= 0.3 is 0 Å². The van der Waals surface area contributed by atoms with Crippen LogP contribution in [0.2, 0.25) is 0 Å². The van der Waals surface area contributed by atoms with Gasteiger partial charge in [0, 0.05) is 18.4 Å². The first-order chi connectivity index (χ1) is 5.99. The van der Waals surface area contributed by atoms with Crippen LogP contribution in [0.3, 0.4) is 0 Å². The van der Waals surface area contributed by atoms with Crippen molar-refractivity contribution in [2.75, 3.05) is 0 Å². The van der Waals surface area contributed by atoms with Crippen LogP contribution in [0.4, 0.5) is 0 Å². The van der Waals surface area contributed by atoms with Crippen LogP contribution >= 0.6 is 0 Å². The molecular weight excluding hydrogens is 162 g/mol. The average molecular weight is 181 g/mol. The molecule has 1 heterocycles. The Hall–Kier alpha value is -0.860. The van der Waals surface area contributed by atoms with E-state index in [-0.39, 0.29) is 5.41 Å². The monoisotopic (exact) mass is 181 g/mol. The Bertz CT molecular complexity index is 259. The van der Waals surface area contributed by atoms with Gasteiger partial charge in [0.1, 0.15) is 5.82 Å². The second kappa shape index (κ2) is 3.48. The Labute approximate surface area is 80.2 Å². The number of hydrogen-bond acceptors (Lipinski definition) is 2. The fourth-order valence-electron chi connectivity index (χ4n) is 1.21. The SMILES string of the molecule is CCc1nc(C(C)(C)C)nn1CC. The molecule has 0 unspecified atom stereocenters. The first-order valence-electron chi connectivity index (χ1n) is 4.93. The maximum absolute atomic E-state index is 4.52. The molecule has 0 radical (unpaired) electrons. The molecule has 0 aliphatic heterocycles. The Morgan fingerprint density at radius 1 is 1.23 bits per heavy atom. The molecule has 0 aromatic carbocycles. The van der Waals surface area contributed by atoms with Gasteiger partial charge in [-0.25, -0.2) is 4.98 Å². The molecule has 0 N–H and O–H groups in total. The molecule has 1 aromatic rings. The van der Waals surface area contributed by atoms with E-state index in [4.69, 9.17) is 0 Å². The lowest BCUT2D eigenvalue weighted by atomic mass is 9.96. The third-order valence-corrected chi connectivity index (χ3v) is 2.03. The minimum Gasteiger partial charge on any atom is -0.250 e. The fourth-order valence-corrected chi connectivity index (χ4v) is 1.21. The van der Waals surface area contributed by atoms with Crippen LogP contribution in [-0.4, -0.2) is 14.8 Å². The van der Waals surface area contributed by atoms with Gasteiger partial charge in [-0.3, -0.25) is 4.68 Å². The minimum absolute atomic E-state index is 0.0599. The largest absolute Gasteiger partial charge is 0.250 e. The van der Waals surface area contributed by atoms with E-state index in [1.807, 2.05) is 4.68 Å². The summed E-state index contributed by atoms with van der Waals surface area (Å²) in [6.45, 7) is 11.5. The van der Waals surface area contributed by atoms with Crippen LogP contribution in [0.25, 0.3) is 0 Å². The summed E-state index contributed by atoms with van der Waals surface area (Å²) in [4.78, 5) is 4.52. The van der Waals surface area contributed by atoms with Crippen molar-refractivity contribution in [3.63, 3.8) is 0 Å². The summed E-state index contributed by atoms with van der Waals surface area (Å²) in [7, 11) is 0. The van der Waals surface area contributed by atoms with E-state index in [0.717, 1.165) is 24.6 Å². The predicted molar refractivity (Wildman–Crippen MR) is 53.8 cm³/mol. The van der Waals surface area contributed by atoms with Crippen molar-refractivity contribution >= 4 is 0 Å². The molecule has 3 nitrogen and oxygen atoms in total. The second-order valence-corrected chi connectivity index (χ2v) is 4.27. The molecule has 0 atom stereocenters. The summed E-state index contributed by atoms with van der Waals surface area (Å²) >= 11 is 0. The highest BCUT2D eigenvalue weighted by Crippen LogP contribution is 2.18. The zero-order chi connectivity index (χ0) is 10.1. The van der Waals surface area contributed by atoms with E-state index in [1.54, 1.807) is 0 Å². The van der Waals surface area contributed by atoms with Gasteiger partial charge in [-0.05, 0) is 6.92 Å². The van der Waals surface area contributed by atoms with Gasteiger partial charge in [0.2, 0.25) is 0 Å². The summed E-state index contributed by atoms with van der Waals surface area (Å²) in [5.74, 6) is 2.04. The van der Waals surface area contributed by atoms with Gasteiger partial charge in [0.05, 0.1) is 0 Å². The molecule has 0 aliphatic carbocycles. The average Bonchev–Trinajstić information content (AvgIpc) is 2.45. The Kier molecular flexibility index (Phi) is 2.74. The number of aryl methyl sites for hydroxylation is 2. The quantitative estimate of drug-likeness (QED) is 0.700. The highest BCUT2D eigenvalue weighted by atomic mass is 15.3. The number of rotatable bonds is 2. The molecule has 74 valence electrons. The van der Waals surface area contributed by atoms with Crippen molar-refractivity contribution in [1.82, 2.24) is 14.8 Å². The maximum Gasteiger partial charge on any atom is 0.156 e. The van der Waals surface area contributed by atoms with Crippen molar-refractivity contribution in [3.8, 4) is 0 Å². The zero-order valence-electron chi connectivity index (χ0n) is 9.26. The first kappa shape index (κ1) is 10.2. The number of nitrogens with zero attached hydrogens (tertiary/aromatic N) is 3. The minimum atomic E-state index is 0.0599. The van der Waals surface area contributed by atoms with Crippen molar-refractivity contribution < 1.29 is 0 Å². The third kappa shape index (κ3) is 2.08. The molecule has 0 fully saturated rings. The predicted octanol–water partition coefficient (Wildman–Crippen LogP) is 2.16. The first-order valence-corrected chi connectivity index (χ1v) is 4.93. The Morgan fingerprint density at radius 2 is 1.85 bits per heavy atom. The van der Waals surface area contributed by atoms with Crippen molar-refractivity contribution in [3.05, 3.63) is 11.6 Å². The smallest absolute Gasteiger partial charge is 0.156 e. The Balaban J connectivity index is 3.07. The molecule has 0 spiro atoms. The summed E-state index contributed by atoms with van der Waals surface area (Å²) in [6, 6.07) is 0. The molecule has 13 heavy (non-hydrogen) atoms. The summed E-state index contributed by atoms with van der Waals surface area (Å²) in [5.41, 5.74) is 0.0599. The van der Waals surface area contributed by atoms with Crippen LogP contribution in [0.1, 0.15) is 46.3 Å². The third-order valence-electron chi connectivity index (χ3n) is 2.03. The zero-order valence-corrected chi connectivity index (χ0v) is 9.26. The normalized spacial score (nSPS) is 12.1. The number of aromatic nitrogens is 3. The van der Waals surface area contributed by atoms with Gasteiger partial charge in [-0.1, -0.05) is 27.7 Å². The lowest BCUT2D eigenvalue weighted by Gasteiger charge is -2.12. The molecule has 0 aliphatic rings. The molecule has 3 heteroatoms. The van der Waals surface area contributed by atoms with Gasteiger partial charge in [0.15, 0.2) is 5.82 Å². The summed E-state index contributed by atoms with van der Waals surface area (Å²) in [6.07, 6.45) is 0.955. The lowest BCUT2D eigenvalue weighted by molar-refractivity contribution is 0.529.